The average Bonchev–Trinajstić information content (AvgIpc) is 2.77. The fourth-order valence-electron chi connectivity index (χ4n) is 3.19. The van der Waals surface area contributed by atoms with Crippen LogP contribution < -0.4 is 5.73 Å². The first-order valence-electron chi connectivity index (χ1n) is 9.48. The van der Waals surface area contributed by atoms with Crippen molar-refractivity contribution >= 4 is 28.8 Å². The normalized spacial score (nSPS) is 10.6. The van der Waals surface area contributed by atoms with Gasteiger partial charge in [-0.25, -0.2) is 14.4 Å². The van der Waals surface area contributed by atoms with Gasteiger partial charge in [-0.15, -0.1) is 0 Å². The Kier molecular flexibility index (Phi) is 5.87. The number of halogens is 2. The van der Waals surface area contributed by atoms with Crippen molar-refractivity contribution < 1.29 is 4.39 Å². The number of anilines is 1. The van der Waals surface area contributed by atoms with E-state index in [0.717, 1.165) is 22.4 Å². The van der Waals surface area contributed by atoms with Gasteiger partial charge in [-0.3, -0.25) is 0 Å². The molecule has 0 aliphatic carbocycles. The molecule has 30 heavy (non-hydrogen) atoms. The topological polar surface area (TPSA) is 51.3 Å². The number of hydrogen-bond donors (Lipinski definition) is 1. The van der Waals surface area contributed by atoms with Crippen LogP contribution in [0.15, 0.2) is 96.1 Å². The number of rotatable bonds is 5. The maximum Gasteiger partial charge on any atom is 0.171 e. The average molecular weight is 416 g/mol. The van der Waals surface area contributed by atoms with Gasteiger partial charge in [0, 0.05) is 29.4 Å². The molecule has 0 amide bonds. The summed E-state index contributed by atoms with van der Waals surface area (Å²) in [6.45, 7) is 0. The number of hydrogen-bond acceptors (Lipinski definition) is 3. The zero-order valence-corrected chi connectivity index (χ0v) is 16.9. The Morgan fingerprint density at radius 1 is 0.867 bits per heavy atom. The lowest BCUT2D eigenvalue weighted by atomic mass is 10.0. The van der Waals surface area contributed by atoms with Crippen LogP contribution in [0.25, 0.3) is 0 Å². The third-order valence-electron chi connectivity index (χ3n) is 4.72. The Bertz CT molecular complexity index is 1150. The van der Waals surface area contributed by atoms with Crippen molar-refractivity contribution in [2.45, 2.75) is 6.42 Å². The molecule has 148 valence electrons. The first kappa shape index (κ1) is 19.8. The molecule has 0 fully saturated rings. The first-order chi connectivity index (χ1) is 14.6. The van der Waals surface area contributed by atoms with Crippen LogP contribution in [0, 0.1) is 5.82 Å². The summed E-state index contributed by atoms with van der Waals surface area (Å²) < 4.78 is 14.3. The molecule has 4 aromatic rings. The number of aromatic nitrogens is 1. The van der Waals surface area contributed by atoms with Gasteiger partial charge < -0.3 is 5.73 Å². The molecule has 1 aromatic heterocycles. The van der Waals surface area contributed by atoms with E-state index in [1.165, 1.54) is 6.07 Å². The van der Waals surface area contributed by atoms with Crippen LogP contribution in [-0.2, 0) is 6.42 Å². The molecular formula is C25H19ClFN3. The molecule has 0 atom stereocenters. The van der Waals surface area contributed by atoms with Crippen molar-refractivity contribution in [2.75, 3.05) is 5.73 Å². The summed E-state index contributed by atoms with van der Waals surface area (Å²) in [5, 5.41) is 0.401. The highest BCUT2D eigenvalue weighted by Crippen LogP contribution is 2.30. The van der Waals surface area contributed by atoms with E-state index < -0.39 is 0 Å². The Labute approximate surface area is 179 Å². The van der Waals surface area contributed by atoms with Gasteiger partial charge in [-0.1, -0.05) is 78.3 Å². The van der Waals surface area contributed by atoms with Crippen molar-refractivity contribution in [3.63, 3.8) is 0 Å². The molecule has 0 bridgehead atoms. The molecule has 0 saturated carbocycles. The fourth-order valence-corrected chi connectivity index (χ4v) is 3.41. The number of nitrogen functional groups attached to an aromatic ring is 1. The second kappa shape index (κ2) is 8.89. The Hall–Kier alpha value is -3.50. The van der Waals surface area contributed by atoms with Crippen LogP contribution in [0.2, 0.25) is 5.02 Å². The molecule has 3 nitrogen and oxygen atoms in total. The summed E-state index contributed by atoms with van der Waals surface area (Å²) in [5.41, 5.74) is 9.97. The maximum atomic E-state index is 14.3. The Morgan fingerprint density at radius 3 is 2.10 bits per heavy atom. The quantitative estimate of drug-likeness (QED) is 0.311. The van der Waals surface area contributed by atoms with Crippen LogP contribution in [0.4, 0.5) is 15.9 Å². The van der Waals surface area contributed by atoms with E-state index in [1.807, 2.05) is 60.7 Å². The highest BCUT2D eigenvalue weighted by Gasteiger charge is 2.13. The van der Waals surface area contributed by atoms with Crippen LogP contribution in [-0.4, -0.2) is 10.7 Å². The minimum atomic E-state index is -0.359. The SMILES string of the molecule is Nc1ccc(Cc2ccnc(N=C(c3ccccc3)c3ccccc3)c2Cl)c(F)c1. The van der Waals surface area contributed by atoms with Crippen LogP contribution in [0.5, 0.6) is 0 Å². The molecule has 0 aliphatic heterocycles. The number of aliphatic imine (C=N–C) groups is 1. The van der Waals surface area contributed by atoms with Gasteiger partial charge in [0.25, 0.3) is 0 Å². The minimum Gasteiger partial charge on any atom is -0.399 e. The number of nitrogens with zero attached hydrogens (tertiary/aromatic N) is 2. The van der Waals surface area contributed by atoms with E-state index in [0.29, 0.717) is 28.5 Å². The lowest BCUT2D eigenvalue weighted by Gasteiger charge is -2.10. The third-order valence-corrected chi connectivity index (χ3v) is 5.13. The van der Waals surface area contributed by atoms with Crippen molar-refractivity contribution in [2.24, 2.45) is 4.99 Å². The van der Waals surface area contributed by atoms with Crippen molar-refractivity contribution in [3.8, 4) is 0 Å². The van der Waals surface area contributed by atoms with Crippen molar-refractivity contribution in [1.29, 1.82) is 0 Å². The molecule has 4 rings (SSSR count). The number of benzene rings is 3. The van der Waals surface area contributed by atoms with E-state index in [-0.39, 0.29) is 5.82 Å². The molecular weight excluding hydrogens is 397 g/mol. The van der Waals surface area contributed by atoms with Gasteiger partial charge >= 0.3 is 0 Å². The molecule has 5 heteroatoms. The zero-order chi connectivity index (χ0) is 20.9. The van der Waals surface area contributed by atoms with Gasteiger partial charge in [0.2, 0.25) is 0 Å². The largest absolute Gasteiger partial charge is 0.399 e. The Balaban J connectivity index is 1.77. The summed E-state index contributed by atoms with van der Waals surface area (Å²) in [6.07, 6.45) is 1.96. The third kappa shape index (κ3) is 4.39. The lowest BCUT2D eigenvalue weighted by molar-refractivity contribution is 0.614. The van der Waals surface area contributed by atoms with Gasteiger partial charge in [0.15, 0.2) is 5.82 Å². The van der Waals surface area contributed by atoms with Crippen molar-refractivity contribution in [3.05, 3.63) is 124 Å². The van der Waals surface area contributed by atoms with Gasteiger partial charge in [-0.05, 0) is 29.3 Å². The minimum absolute atomic E-state index is 0.321. The van der Waals surface area contributed by atoms with E-state index in [1.54, 1.807) is 24.4 Å². The van der Waals surface area contributed by atoms with Crippen molar-refractivity contribution in [1.82, 2.24) is 4.98 Å². The Morgan fingerprint density at radius 2 is 1.50 bits per heavy atom. The van der Waals surface area contributed by atoms with E-state index in [2.05, 4.69) is 4.98 Å². The van der Waals surface area contributed by atoms with E-state index >= 15 is 0 Å². The molecule has 0 spiro atoms. The van der Waals surface area contributed by atoms with Crippen LogP contribution >= 0.6 is 11.6 Å². The second-order valence-corrected chi connectivity index (χ2v) is 7.21. The van der Waals surface area contributed by atoms with Gasteiger partial charge in [-0.2, -0.15) is 0 Å². The molecule has 2 N–H and O–H groups in total. The van der Waals surface area contributed by atoms with Gasteiger partial charge in [0.05, 0.1) is 10.7 Å². The fraction of sp³-hybridized carbons (Fsp3) is 0.0400. The second-order valence-electron chi connectivity index (χ2n) is 6.83. The molecule has 0 aliphatic rings. The monoisotopic (exact) mass is 415 g/mol. The predicted octanol–water partition coefficient (Wildman–Crippen LogP) is 6.22. The molecule has 0 saturated heterocycles. The smallest absolute Gasteiger partial charge is 0.171 e. The lowest BCUT2D eigenvalue weighted by Crippen LogP contribution is -2.03. The molecule has 3 aromatic carbocycles. The zero-order valence-electron chi connectivity index (χ0n) is 16.1. The first-order valence-corrected chi connectivity index (χ1v) is 9.86. The van der Waals surface area contributed by atoms with Gasteiger partial charge in [0.1, 0.15) is 5.82 Å². The van der Waals surface area contributed by atoms with Crippen LogP contribution in [0.1, 0.15) is 22.3 Å². The molecule has 0 radical (unpaired) electrons. The highest BCUT2D eigenvalue weighted by molar-refractivity contribution is 6.33. The summed E-state index contributed by atoms with van der Waals surface area (Å²) in [7, 11) is 0. The number of nitrogens with two attached hydrogens (primary N) is 1. The number of pyridine rings is 1. The highest BCUT2D eigenvalue weighted by atomic mass is 35.5. The summed E-state index contributed by atoms with van der Waals surface area (Å²) >= 11 is 6.64. The van der Waals surface area contributed by atoms with Crippen LogP contribution in [0.3, 0.4) is 0 Å². The maximum absolute atomic E-state index is 14.3. The van der Waals surface area contributed by atoms with E-state index in [4.69, 9.17) is 22.3 Å². The standard InChI is InChI=1S/C25H19ClFN3/c26-23-20(15-19-11-12-21(28)16-22(19)27)13-14-29-25(23)30-24(17-7-3-1-4-8-17)18-9-5-2-6-10-18/h1-14,16H,15,28H2. The summed E-state index contributed by atoms with van der Waals surface area (Å²) in [6, 6.07) is 26.2. The predicted molar refractivity (Wildman–Crippen MR) is 121 cm³/mol. The van der Waals surface area contributed by atoms with E-state index in [9.17, 15) is 4.39 Å². The summed E-state index contributed by atoms with van der Waals surface area (Å²) in [5.74, 6) is 0.0370. The molecule has 1 heterocycles. The summed E-state index contributed by atoms with van der Waals surface area (Å²) in [4.78, 5) is 9.17. The molecule has 0 unspecified atom stereocenters.